The molecule has 26 heavy (non-hydrogen) atoms. The normalized spacial score (nSPS) is 15.2. The number of amides is 1. The SMILES string of the molecule is Cn1c2c(cc(C(=O)N[C@H](c3cccnc3)C(F)(F)F)c1=O)CCCC2. The molecule has 0 saturated heterocycles. The van der Waals surface area contributed by atoms with Crippen molar-refractivity contribution in [3.63, 3.8) is 0 Å². The van der Waals surface area contributed by atoms with E-state index in [1.807, 2.05) is 5.32 Å². The van der Waals surface area contributed by atoms with Crippen molar-refractivity contribution in [2.24, 2.45) is 7.05 Å². The third kappa shape index (κ3) is 3.49. The van der Waals surface area contributed by atoms with Gasteiger partial charge in [-0.1, -0.05) is 6.07 Å². The minimum atomic E-state index is -4.71. The Morgan fingerprint density at radius 1 is 1.31 bits per heavy atom. The highest BCUT2D eigenvalue weighted by Gasteiger charge is 2.42. The van der Waals surface area contributed by atoms with Crippen molar-refractivity contribution in [2.45, 2.75) is 37.9 Å². The monoisotopic (exact) mass is 365 g/mol. The lowest BCUT2D eigenvalue weighted by molar-refractivity contribution is -0.155. The van der Waals surface area contributed by atoms with Crippen molar-refractivity contribution in [3.8, 4) is 0 Å². The molecule has 3 rings (SSSR count). The average molecular weight is 365 g/mol. The molecular formula is C18H18F3N3O2. The van der Waals surface area contributed by atoms with Crippen LogP contribution < -0.4 is 10.9 Å². The van der Waals surface area contributed by atoms with Gasteiger partial charge in [-0.25, -0.2) is 0 Å². The van der Waals surface area contributed by atoms with Gasteiger partial charge < -0.3 is 9.88 Å². The highest BCUT2D eigenvalue weighted by atomic mass is 19.4. The second-order valence-electron chi connectivity index (χ2n) is 6.34. The van der Waals surface area contributed by atoms with E-state index in [9.17, 15) is 22.8 Å². The van der Waals surface area contributed by atoms with Crippen LogP contribution in [-0.4, -0.2) is 21.6 Å². The van der Waals surface area contributed by atoms with Gasteiger partial charge in [0.1, 0.15) is 5.56 Å². The van der Waals surface area contributed by atoms with Crippen LogP contribution in [-0.2, 0) is 19.9 Å². The van der Waals surface area contributed by atoms with Crippen LogP contribution in [0.15, 0.2) is 35.4 Å². The molecule has 0 aromatic carbocycles. The number of halogens is 3. The molecule has 0 fully saturated rings. The molecule has 5 nitrogen and oxygen atoms in total. The minimum Gasteiger partial charge on any atom is -0.336 e. The van der Waals surface area contributed by atoms with Gasteiger partial charge in [0.2, 0.25) is 0 Å². The summed E-state index contributed by atoms with van der Waals surface area (Å²) in [4.78, 5) is 28.6. The van der Waals surface area contributed by atoms with Crippen molar-refractivity contribution < 1.29 is 18.0 Å². The van der Waals surface area contributed by atoms with E-state index in [0.29, 0.717) is 6.42 Å². The first-order chi connectivity index (χ1) is 12.3. The molecule has 0 saturated carbocycles. The third-order valence-electron chi connectivity index (χ3n) is 4.60. The molecule has 0 bridgehead atoms. The molecule has 1 atom stereocenters. The van der Waals surface area contributed by atoms with E-state index < -0.39 is 23.7 Å². The Balaban J connectivity index is 1.96. The standard InChI is InChI=1S/C18H18F3N3O2/c1-24-14-7-3-2-5-11(14)9-13(17(24)26)16(25)23-15(18(19,20)21)12-6-4-8-22-10-12/h4,6,8-10,15H,2-3,5,7H2,1H3,(H,23,25)/t15-/m1/s1. The molecule has 0 unspecified atom stereocenters. The van der Waals surface area contributed by atoms with Gasteiger partial charge >= 0.3 is 6.18 Å². The van der Waals surface area contributed by atoms with Gasteiger partial charge in [0.15, 0.2) is 6.04 Å². The number of carbonyl (C=O) groups excluding carboxylic acids is 1. The molecule has 1 aliphatic carbocycles. The highest BCUT2D eigenvalue weighted by molar-refractivity contribution is 5.94. The second-order valence-corrected chi connectivity index (χ2v) is 6.34. The Morgan fingerprint density at radius 3 is 2.69 bits per heavy atom. The maximum absolute atomic E-state index is 13.4. The zero-order valence-corrected chi connectivity index (χ0v) is 14.1. The van der Waals surface area contributed by atoms with E-state index in [4.69, 9.17) is 0 Å². The molecule has 138 valence electrons. The van der Waals surface area contributed by atoms with E-state index >= 15 is 0 Å². The lowest BCUT2D eigenvalue weighted by atomic mass is 9.94. The number of nitrogens with one attached hydrogen (secondary N) is 1. The van der Waals surface area contributed by atoms with E-state index in [1.54, 1.807) is 7.05 Å². The van der Waals surface area contributed by atoms with Crippen LogP contribution in [0.5, 0.6) is 0 Å². The van der Waals surface area contributed by atoms with Crippen molar-refractivity contribution >= 4 is 5.91 Å². The number of aryl methyl sites for hydroxylation is 1. The summed E-state index contributed by atoms with van der Waals surface area (Å²) in [5, 5.41) is 1.95. The summed E-state index contributed by atoms with van der Waals surface area (Å²) < 4.78 is 41.6. The third-order valence-corrected chi connectivity index (χ3v) is 4.60. The first kappa shape index (κ1) is 18.2. The number of carbonyl (C=O) groups is 1. The van der Waals surface area contributed by atoms with Gasteiger partial charge in [0, 0.05) is 30.7 Å². The molecule has 8 heteroatoms. The molecule has 2 aromatic heterocycles. The Labute approximate surface area is 147 Å². The summed E-state index contributed by atoms with van der Waals surface area (Å²) in [5.74, 6) is -1.04. The van der Waals surface area contributed by atoms with Crippen molar-refractivity contribution in [3.05, 3.63) is 63.3 Å². The predicted molar refractivity (Wildman–Crippen MR) is 88.8 cm³/mol. The van der Waals surface area contributed by atoms with E-state index in [-0.39, 0.29) is 11.1 Å². The van der Waals surface area contributed by atoms with Crippen LogP contribution in [0.25, 0.3) is 0 Å². The molecule has 1 amide bonds. The number of aromatic nitrogens is 2. The largest absolute Gasteiger partial charge is 0.412 e. The van der Waals surface area contributed by atoms with Crippen LogP contribution >= 0.6 is 0 Å². The molecule has 0 radical (unpaired) electrons. The fourth-order valence-electron chi connectivity index (χ4n) is 3.26. The molecule has 1 N–H and O–H groups in total. The van der Waals surface area contributed by atoms with E-state index in [1.165, 1.54) is 29.0 Å². The van der Waals surface area contributed by atoms with Gasteiger partial charge in [-0.05, 0) is 43.4 Å². The fraction of sp³-hybridized carbons (Fsp3) is 0.389. The highest BCUT2D eigenvalue weighted by Crippen LogP contribution is 2.32. The number of pyridine rings is 2. The molecule has 1 aliphatic rings. The summed E-state index contributed by atoms with van der Waals surface area (Å²) in [6.07, 6.45) is 0.981. The summed E-state index contributed by atoms with van der Waals surface area (Å²) in [6.45, 7) is 0. The maximum Gasteiger partial charge on any atom is 0.412 e. The van der Waals surface area contributed by atoms with E-state index in [0.717, 1.165) is 36.7 Å². The fourth-order valence-corrected chi connectivity index (χ4v) is 3.26. The van der Waals surface area contributed by atoms with Crippen molar-refractivity contribution in [1.29, 1.82) is 0 Å². The quantitative estimate of drug-likeness (QED) is 0.910. The van der Waals surface area contributed by atoms with Crippen LogP contribution in [0.4, 0.5) is 13.2 Å². The predicted octanol–water partition coefficient (Wildman–Crippen LogP) is 2.69. The zero-order chi connectivity index (χ0) is 18.9. The topological polar surface area (TPSA) is 64.0 Å². The molecule has 0 spiro atoms. The molecule has 2 aromatic rings. The Hall–Kier alpha value is -2.64. The number of hydrogen-bond donors (Lipinski definition) is 1. The van der Waals surface area contributed by atoms with Crippen LogP contribution in [0.2, 0.25) is 0 Å². The number of fused-ring (bicyclic) bond motifs is 1. The average Bonchev–Trinajstić information content (AvgIpc) is 2.62. The molecule has 0 aliphatic heterocycles. The van der Waals surface area contributed by atoms with Gasteiger partial charge in [0.25, 0.3) is 11.5 Å². The number of nitrogens with zero attached hydrogens (tertiary/aromatic N) is 2. The minimum absolute atomic E-state index is 0.192. The molecular weight excluding hydrogens is 347 g/mol. The van der Waals surface area contributed by atoms with Gasteiger partial charge in [-0.3, -0.25) is 14.6 Å². The van der Waals surface area contributed by atoms with Gasteiger partial charge in [-0.2, -0.15) is 13.2 Å². The first-order valence-corrected chi connectivity index (χ1v) is 8.28. The first-order valence-electron chi connectivity index (χ1n) is 8.28. The lowest BCUT2D eigenvalue weighted by Gasteiger charge is -2.23. The Kier molecular flexibility index (Phi) is 4.84. The lowest BCUT2D eigenvalue weighted by Crippen LogP contribution is -2.41. The van der Waals surface area contributed by atoms with Crippen molar-refractivity contribution in [1.82, 2.24) is 14.9 Å². The Bertz CT molecular complexity index is 876. The van der Waals surface area contributed by atoms with E-state index in [2.05, 4.69) is 4.98 Å². The van der Waals surface area contributed by atoms with Gasteiger partial charge in [-0.15, -0.1) is 0 Å². The van der Waals surface area contributed by atoms with Crippen molar-refractivity contribution in [2.75, 3.05) is 0 Å². The number of hydrogen-bond acceptors (Lipinski definition) is 3. The van der Waals surface area contributed by atoms with Crippen LogP contribution in [0, 0.1) is 0 Å². The van der Waals surface area contributed by atoms with Crippen LogP contribution in [0.3, 0.4) is 0 Å². The summed E-state index contributed by atoms with van der Waals surface area (Å²) in [7, 11) is 1.55. The summed E-state index contributed by atoms with van der Waals surface area (Å²) >= 11 is 0. The van der Waals surface area contributed by atoms with Gasteiger partial charge in [0.05, 0.1) is 0 Å². The summed E-state index contributed by atoms with van der Waals surface area (Å²) in [5.41, 5.74) is 0.635. The summed E-state index contributed by atoms with van der Waals surface area (Å²) in [6, 6.07) is 1.79. The maximum atomic E-state index is 13.4. The number of alkyl halides is 3. The van der Waals surface area contributed by atoms with Crippen LogP contribution in [0.1, 0.15) is 46.1 Å². The second kappa shape index (κ2) is 6.93. The smallest absolute Gasteiger partial charge is 0.336 e. The molecule has 2 heterocycles. The Morgan fingerprint density at radius 2 is 2.04 bits per heavy atom. The zero-order valence-electron chi connectivity index (χ0n) is 14.1. The number of rotatable bonds is 3.